The molecule has 1 aliphatic heterocycles. The van der Waals surface area contributed by atoms with Gasteiger partial charge in [0.1, 0.15) is 6.10 Å². The van der Waals surface area contributed by atoms with Crippen molar-refractivity contribution < 1.29 is 19.7 Å². The van der Waals surface area contributed by atoms with Gasteiger partial charge >= 0.3 is 0 Å². The zero-order chi connectivity index (χ0) is 15.2. The molecule has 2 aromatic rings. The van der Waals surface area contributed by atoms with Gasteiger partial charge in [0.15, 0.2) is 23.2 Å². The SMILES string of the molecule is CO[C@@H]1C[C@@](O)(CO)O[C@H]1n1cnc2c(=O)[nH]c(N)nc21. The predicted octanol–water partition coefficient (Wildman–Crippen LogP) is -1.68. The molecule has 10 heteroatoms. The topological polar surface area (TPSA) is 149 Å². The van der Waals surface area contributed by atoms with Crippen molar-refractivity contribution in [3.63, 3.8) is 0 Å². The van der Waals surface area contributed by atoms with Gasteiger partial charge in [-0.3, -0.25) is 14.3 Å². The predicted molar refractivity (Wildman–Crippen MR) is 70.1 cm³/mol. The number of hydrogen-bond acceptors (Lipinski definition) is 8. The Morgan fingerprint density at radius 3 is 3.14 bits per heavy atom. The third kappa shape index (κ3) is 2.17. The number of anilines is 1. The number of fused-ring (bicyclic) bond motifs is 1. The summed E-state index contributed by atoms with van der Waals surface area (Å²) in [6.45, 7) is -0.577. The number of nitrogens with two attached hydrogens (primary N) is 1. The van der Waals surface area contributed by atoms with E-state index in [9.17, 15) is 15.0 Å². The van der Waals surface area contributed by atoms with Crippen LogP contribution in [0.1, 0.15) is 12.6 Å². The molecule has 0 amide bonds. The molecular formula is C11H15N5O5. The number of H-pyrrole nitrogens is 1. The molecule has 114 valence electrons. The standard InChI is InChI=1S/C11H15N5O5/c1-20-5-2-11(19,3-17)21-9(5)16-4-13-6-7(16)14-10(12)15-8(6)18/h4-5,9,17,19H,2-3H2,1H3,(H3,12,14,15,18)/t5-,9-,11+/m1/s1. The Balaban J connectivity index is 2.10. The Morgan fingerprint density at radius 2 is 2.48 bits per heavy atom. The minimum atomic E-state index is -1.71. The molecule has 3 heterocycles. The second-order valence-corrected chi connectivity index (χ2v) is 4.87. The maximum Gasteiger partial charge on any atom is 0.280 e. The van der Waals surface area contributed by atoms with Crippen LogP contribution in [0.25, 0.3) is 11.2 Å². The van der Waals surface area contributed by atoms with E-state index in [0.717, 1.165) is 0 Å². The summed E-state index contributed by atoms with van der Waals surface area (Å²) in [6, 6.07) is 0. The summed E-state index contributed by atoms with van der Waals surface area (Å²) in [4.78, 5) is 22.1. The number of rotatable bonds is 3. The van der Waals surface area contributed by atoms with Crippen LogP contribution in [0.3, 0.4) is 0 Å². The number of methoxy groups -OCH3 is 1. The summed E-state index contributed by atoms with van der Waals surface area (Å²) < 4.78 is 12.2. The van der Waals surface area contributed by atoms with E-state index in [-0.39, 0.29) is 23.5 Å². The second kappa shape index (κ2) is 4.77. The molecule has 0 bridgehead atoms. The van der Waals surface area contributed by atoms with E-state index >= 15 is 0 Å². The number of aliphatic hydroxyl groups is 2. The van der Waals surface area contributed by atoms with Crippen LogP contribution >= 0.6 is 0 Å². The van der Waals surface area contributed by atoms with E-state index in [1.54, 1.807) is 0 Å². The van der Waals surface area contributed by atoms with Crippen LogP contribution in [0.15, 0.2) is 11.1 Å². The molecule has 21 heavy (non-hydrogen) atoms. The summed E-state index contributed by atoms with van der Waals surface area (Å²) in [5.74, 6) is -1.77. The largest absolute Gasteiger partial charge is 0.391 e. The zero-order valence-corrected chi connectivity index (χ0v) is 11.2. The number of nitrogens with zero attached hydrogens (tertiary/aromatic N) is 3. The lowest BCUT2D eigenvalue weighted by molar-refractivity contribution is -0.226. The highest BCUT2D eigenvalue weighted by Gasteiger charge is 2.46. The molecule has 0 saturated carbocycles. The Bertz CT molecular complexity index is 727. The third-order valence-electron chi connectivity index (χ3n) is 3.45. The normalized spacial score (nSPS) is 29.3. The van der Waals surface area contributed by atoms with Gasteiger partial charge in [0.05, 0.1) is 12.9 Å². The van der Waals surface area contributed by atoms with Gasteiger partial charge in [-0.25, -0.2) is 4.98 Å². The molecule has 1 fully saturated rings. The molecule has 1 aliphatic rings. The Kier molecular flexibility index (Phi) is 3.17. The van der Waals surface area contributed by atoms with Crippen LogP contribution in [-0.4, -0.2) is 55.3 Å². The number of ether oxygens (including phenoxy) is 2. The van der Waals surface area contributed by atoms with E-state index < -0.39 is 30.3 Å². The summed E-state index contributed by atoms with van der Waals surface area (Å²) in [6.07, 6.45) is 0.0996. The lowest BCUT2D eigenvalue weighted by Gasteiger charge is -2.21. The molecule has 3 rings (SSSR count). The van der Waals surface area contributed by atoms with E-state index in [1.165, 1.54) is 18.0 Å². The molecular weight excluding hydrogens is 282 g/mol. The highest BCUT2D eigenvalue weighted by molar-refractivity contribution is 5.70. The molecule has 10 nitrogen and oxygen atoms in total. The van der Waals surface area contributed by atoms with Crippen LogP contribution < -0.4 is 11.3 Å². The van der Waals surface area contributed by atoms with Crippen molar-refractivity contribution in [3.05, 3.63) is 16.7 Å². The quantitative estimate of drug-likeness (QED) is 0.524. The first-order valence-electron chi connectivity index (χ1n) is 6.23. The molecule has 1 saturated heterocycles. The smallest absolute Gasteiger partial charge is 0.280 e. The fraction of sp³-hybridized carbons (Fsp3) is 0.545. The maximum absolute atomic E-state index is 11.7. The Labute approximate surface area is 118 Å². The lowest BCUT2D eigenvalue weighted by Crippen LogP contribution is -2.32. The first-order valence-corrected chi connectivity index (χ1v) is 6.23. The third-order valence-corrected chi connectivity index (χ3v) is 3.45. The van der Waals surface area contributed by atoms with Gasteiger partial charge in [0, 0.05) is 13.5 Å². The molecule has 5 N–H and O–H groups in total. The summed E-state index contributed by atoms with van der Waals surface area (Å²) >= 11 is 0. The van der Waals surface area contributed by atoms with Crippen molar-refractivity contribution in [1.82, 2.24) is 19.5 Å². The molecule has 0 radical (unpaired) electrons. The van der Waals surface area contributed by atoms with E-state index in [1.807, 2.05) is 0 Å². The van der Waals surface area contributed by atoms with Crippen molar-refractivity contribution in [2.24, 2.45) is 0 Å². The van der Waals surface area contributed by atoms with Crippen LogP contribution in [-0.2, 0) is 9.47 Å². The summed E-state index contributed by atoms with van der Waals surface area (Å²) in [5, 5.41) is 19.3. The summed E-state index contributed by atoms with van der Waals surface area (Å²) in [7, 11) is 1.46. The minimum absolute atomic E-state index is 0.0568. The molecule has 0 aliphatic carbocycles. The summed E-state index contributed by atoms with van der Waals surface area (Å²) in [5.41, 5.74) is 5.37. The molecule has 3 atom stereocenters. The van der Waals surface area contributed by atoms with Crippen molar-refractivity contribution in [1.29, 1.82) is 0 Å². The van der Waals surface area contributed by atoms with Gasteiger partial charge in [-0.05, 0) is 0 Å². The van der Waals surface area contributed by atoms with Crippen molar-refractivity contribution in [2.75, 3.05) is 19.5 Å². The fourth-order valence-corrected chi connectivity index (χ4v) is 2.43. The van der Waals surface area contributed by atoms with E-state index in [0.29, 0.717) is 0 Å². The second-order valence-electron chi connectivity index (χ2n) is 4.87. The highest BCUT2D eigenvalue weighted by Crippen LogP contribution is 2.37. The fourth-order valence-electron chi connectivity index (χ4n) is 2.43. The minimum Gasteiger partial charge on any atom is -0.391 e. The number of aromatic nitrogens is 4. The van der Waals surface area contributed by atoms with Gasteiger partial charge in [0.25, 0.3) is 5.56 Å². The molecule has 0 aromatic carbocycles. The number of aromatic amines is 1. The molecule has 0 unspecified atom stereocenters. The van der Waals surface area contributed by atoms with Crippen molar-refractivity contribution in [3.8, 4) is 0 Å². The van der Waals surface area contributed by atoms with Crippen LogP contribution in [0, 0.1) is 0 Å². The van der Waals surface area contributed by atoms with Gasteiger partial charge in [-0.1, -0.05) is 0 Å². The number of hydrogen-bond donors (Lipinski definition) is 4. The van der Waals surface area contributed by atoms with E-state index in [2.05, 4.69) is 15.0 Å². The Morgan fingerprint density at radius 1 is 1.71 bits per heavy atom. The number of aliphatic hydroxyl groups excluding tert-OH is 1. The van der Waals surface area contributed by atoms with Crippen LogP contribution in [0.2, 0.25) is 0 Å². The zero-order valence-electron chi connectivity index (χ0n) is 11.2. The van der Waals surface area contributed by atoms with E-state index in [4.69, 9.17) is 15.2 Å². The number of imidazole rings is 1. The van der Waals surface area contributed by atoms with Crippen LogP contribution in [0.4, 0.5) is 5.95 Å². The monoisotopic (exact) mass is 297 g/mol. The lowest BCUT2D eigenvalue weighted by atomic mass is 10.1. The van der Waals surface area contributed by atoms with Crippen molar-refractivity contribution in [2.45, 2.75) is 24.5 Å². The van der Waals surface area contributed by atoms with Crippen LogP contribution in [0.5, 0.6) is 0 Å². The number of nitrogen functional groups attached to an aromatic ring is 1. The molecule has 2 aromatic heterocycles. The number of nitrogens with one attached hydrogen (secondary N) is 1. The van der Waals surface area contributed by atoms with Gasteiger partial charge in [0.2, 0.25) is 5.95 Å². The van der Waals surface area contributed by atoms with Crippen molar-refractivity contribution >= 4 is 17.1 Å². The maximum atomic E-state index is 11.7. The first-order chi connectivity index (χ1) is 9.97. The average Bonchev–Trinajstić information content (AvgIpc) is 3.00. The van der Waals surface area contributed by atoms with Gasteiger partial charge < -0.3 is 25.4 Å². The average molecular weight is 297 g/mol. The molecule has 0 spiro atoms. The Hall–Kier alpha value is -2.01. The van der Waals surface area contributed by atoms with Gasteiger partial charge in [-0.15, -0.1) is 0 Å². The first kappa shape index (κ1) is 13.9. The highest BCUT2D eigenvalue weighted by atomic mass is 16.7. The van der Waals surface area contributed by atoms with Gasteiger partial charge in [-0.2, -0.15) is 4.98 Å².